The Balaban J connectivity index is 1.76. The van der Waals surface area contributed by atoms with Crippen LogP contribution >= 0.6 is 22.6 Å². The maximum absolute atomic E-state index is 14.0. The number of carbonyl (C=O) groups excluding carboxylic acids is 1. The van der Waals surface area contributed by atoms with Gasteiger partial charge in [-0.3, -0.25) is 9.89 Å². The number of nitrogens with zero attached hydrogens (tertiary/aromatic N) is 3. The number of rotatable bonds is 3. The van der Waals surface area contributed by atoms with Crippen molar-refractivity contribution in [1.29, 1.82) is 0 Å². The van der Waals surface area contributed by atoms with Gasteiger partial charge in [0, 0.05) is 19.0 Å². The van der Waals surface area contributed by atoms with Crippen LogP contribution in [0.2, 0.25) is 0 Å². The van der Waals surface area contributed by atoms with Gasteiger partial charge in [0.15, 0.2) is 0 Å². The average molecular weight is 466 g/mol. The molecule has 134 valence electrons. The van der Waals surface area contributed by atoms with Gasteiger partial charge in [-0.1, -0.05) is 0 Å². The number of ether oxygens (including phenoxy) is 1. The van der Waals surface area contributed by atoms with Crippen LogP contribution in [0.3, 0.4) is 0 Å². The lowest BCUT2D eigenvalue weighted by Gasteiger charge is -2.28. The highest BCUT2D eigenvalue weighted by molar-refractivity contribution is 14.1. The van der Waals surface area contributed by atoms with E-state index in [0.717, 1.165) is 29.7 Å². The van der Waals surface area contributed by atoms with Crippen molar-refractivity contribution in [2.24, 2.45) is 0 Å². The number of methoxy groups -OCH3 is 1. The number of hydrogen-bond acceptors (Lipinski definition) is 4. The third-order valence-corrected chi connectivity index (χ3v) is 5.28. The molecule has 0 fully saturated rings. The summed E-state index contributed by atoms with van der Waals surface area (Å²) in [6, 6.07) is 6.91. The van der Waals surface area contributed by atoms with Gasteiger partial charge in [-0.15, -0.1) is 0 Å². The fraction of sp³-hybridized carbons (Fsp3) is 0.278. The van der Waals surface area contributed by atoms with E-state index < -0.39 is 0 Å². The second kappa shape index (κ2) is 6.92. The van der Waals surface area contributed by atoms with E-state index in [-0.39, 0.29) is 18.3 Å². The number of amides is 1. The molecule has 0 bridgehead atoms. The summed E-state index contributed by atoms with van der Waals surface area (Å²) in [5.41, 5.74) is 3.69. The van der Waals surface area contributed by atoms with Crippen molar-refractivity contribution in [2.75, 3.05) is 25.2 Å². The predicted octanol–water partition coefficient (Wildman–Crippen LogP) is 3.29. The Morgan fingerprint density at radius 3 is 3.08 bits per heavy atom. The van der Waals surface area contributed by atoms with E-state index in [9.17, 15) is 9.18 Å². The average Bonchev–Trinajstić information content (AvgIpc) is 3.04. The molecule has 26 heavy (non-hydrogen) atoms. The van der Waals surface area contributed by atoms with Gasteiger partial charge in [-0.25, -0.2) is 9.37 Å². The van der Waals surface area contributed by atoms with E-state index in [0.29, 0.717) is 26.9 Å². The maximum Gasteiger partial charge on any atom is 0.253 e. The zero-order valence-corrected chi connectivity index (χ0v) is 16.2. The molecule has 0 spiro atoms. The summed E-state index contributed by atoms with van der Waals surface area (Å²) < 4.78 is 19.5. The first-order chi connectivity index (χ1) is 12.6. The van der Waals surface area contributed by atoms with E-state index in [1.165, 1.54) is 13.2 Å². The second-order valence-electron chi connectivity index (χ2n) is 6.13. The number of aromatic nitrogens is 3. The van der Waals surface area contributed by atoms with Crippen LogP contribution in [-0.2, 0) is 16.0 Å². The molecule has 2 aromatic heterocycles. The zero-order valence-electron chi connectivity index (χ0n) is 14.1. The highest BCUT2D eigenvalue weighted by atomic mass is 127. The largest absolute Gasteiger partial charge is 0.375 e. The van der Waals surface area contributed by atoms with Crippen LogP contribution in [0.15, 0.2) is 24.3 Å². The van der Waals surface area contributed by atoms with Crippen LogP contribution < -0.4 is 4.90 Å². The lowest BCUT2D eigenvalue weighted by atomic mass is 10.1. The molecule has 1 aliphatic heterocycles. The van der Waals surface area contributed by atoms with Gasteiger partial charge in [-0.2, -0.15) is 5.10 Å². The van der Waals surface area contributed by atoms with Gasteiger partial charge in [0.25, 0.3) is 5.91 Å². The van der Waals surface area contributed by atoms with Crippen molar-refractivity contribution in [2.45, 2.75) is 12.8 Å². The Morgan fingerprint density at radius 2 is 2.27 bits per heavy atom. The number of carbonyl (C=O) groups is 1. The summed E-state index contributed by atoms with van der Waals surface area (Å²) >= 11 is 1.95. The van der Waals surface area contributed by atoms with Gasteiger partial charge in [0.1, 0.15) is 18.1 Å². The molecular formula is C18H16FIN4O2. The molecule has 1 aromatic carbocycles. The summed E-state index contributed by atoms with van der Waals surface area (Å²) in [5.74, 6) is -0.361. The highest BCUT2D eigenvalue weighted by Gasteiger charge is 2.24. The summed E-state index contributed by atoms with van der Waals surface area (Å²) in [6.45, 7) is 0.703. The molecule has 4 rings (SSSR count). The van der Waals surface area contributed by atoms with Gasteiger partial charge < -0.3 is 9.64 Å². The molecule has 0 radical (unpaired) electrons. The first-order valence-electron chi connectivity index (χ1n) is 8.21. The molecule has 1 amide bonds. The minimum absolute atomic E-state index is 0.0447. The van der Waals surface area contributed by atoms with E-state index in [4.69, 9.17) is 9.72 Å². The smallest absolute Gasteiger partial charge is 0.253 e. The number of aromatic amines is 1. The monoisotopic (exact) mass is 466 g/mol. The van der Waals surface area contributed by atoms with Crippen molar-refractivity contribution < 1.29 is 13.9 Å². The maximum atomic E-state index is 14.0. The lowest BCUT2D eigenvalue weighted by Crippen LogP contribution is -2.38. The minimum atomic E-state index is -0.282. The van der Waals surface area contributed by atoms with Gasteiger partial charge >= 0.3 is 0 Å². The minimum Gasteiger partial charge on any atom is -0.375 e. The quantitative estimate of drug-likeness (QED) is 0.602. The molecule has 1 N–H and O–H groups in total. The highest BCUT2D eigenvalue weighted by Crippen LogP contribution is 2.32. The van der Waals surface area contributed by atoms with Gasteiger partial charge in [0.05, 0.1) is 26.2 Å². The zero-order chi connectivity index (χ0) is 18.3. The summed E-state index contributed by atoms with van der Waals surface area (Å²) in [4.78, 5) is 18.7. The molecule has 0 saturated heterocycles. The Bertz CT molecular complexity index is 1000. The van der Waals surface area contributed by atoms with Crippen molar-refractivity contribution >= 4 is 45.1 Å². The number of hydrogen-bond donors (Lipinski definition) is 1. The molecule has 0 unspecified atom stereocenters. The lowest BCUT2D eigenvalue weighted by molar-refractivity contribution is -0.122. The van der Waals surface area contributed by atoms with Crippen LogP contribution in [0, 0.1) is 9.39 Å². The number of benzene rings is 1. The molecular weight excluding hydrogens is 450 g/mol. The Kier molecular flexibility index (Phi) is 4.62. The molecule has 1 aliphatic rings. The SMILES string of the molecule is COCC(=O)N1CCCc2nc(-c3n[nH]c4cc(I)c(F)cc34)ccc21. The summed E-state index contributed by atoms with van der Waals surface area (Å²) in [7, 11) is 1.51. The summed E-state index contributed by atoms with van der Waals surface area (Å²) in [5, 5.41) is 7.95. The Labute approximate surface area is 162 Å². The molecule has 0 saturated carbocycles. The third-order valence-electron chi connectivity index (χ3n) is 4.45. The predicted molar refractivity (Wildman–Crippen MR) is 105 cm³/mol. The van der Waals surface area contributed by atoms with E-state index in [2.05, 4.69) is 10.2 Å². The normalized spacial score (nSPS) is 13.9. The first kappa shape index (κ1) is 17.3. The van der Waals surface area contributed by atoms with Crippen molar-refractivity contribution in [3.8, 4) is 11.4 Å². The fourth-order valence-electron chi connectivity index (χ4n) is 3.25. The number of pyridine rings is 1. The number of H-pyrrole nitrogens is 1. The van der Waals surface area contributed by atoms with E-state index >= 15 is 0 Å². The van der Waals surface area contributed by atoms with Crippen LogP contribution in [-0.4, -0.2) is 41.3 Å². The molecule has 0 atom stereocenters. The van der Waals surface area contributed by atoms with Crippen molar-refractivity contribution in [1.82, 2.24) is 15.2 Å². The van der Waals surface area contributed by atoms with E-state index in [1.807, 2.05) is 34.7 Å². The second-order valence-corrected chi connectivity index (χ2v) is 7.29. The summed E-state index contributed by atoms with van der Waals surface area (Å²) in [6.07, 6.45) is 1.63. The first-order valence-corrected chi connectivity index (χ1v) is 9.29. The molecule has 6 nitrogen and oxygen atoms in total. The number of halogens is 2. The van der Waals surface area contributed by atoms with Crippen LogP contribution in [0.5, 0.6) is 0 Å². The van der Waals surface area contributed by atoms with Crippen LogP contribution in [0.1, 0.15) is 12.1 Å². The van der Waals surface area contributed by atoms with E-state index in [1.54, 1.807) is 11.0 Å². The van der Waals surface area contributed by atoms with Crippen LogP contribution in [0.25, 0.3) is 22.3 Å². The number of aryl methyl sites for hydroxylation is 1. The Morgan fingerprint density at radius 1 is 1.42 bits per heavy atom. The molecule has 8 heteroatoms. The van der Waals surface area contributed by atoms with Crippen LogP contribution in [0.4, 0.5) is 10.1 Å². The fourth-order valence-corrected chi connectivity index (χ4v) is 3.72. The number of anilines is 1. The number of nitrogens with one attached hydrogen (secondary N) is 1. The molecule has 3 aromatic rings. The number of fused-ring (bicyclic) bond motifs is 2. The van der Waals surface area contributed by atoms with Gasteiger partial charge in [0.2, 0.25) is 0 Å². The third kappa shape index (κ3) is 2.96. The van der Waals surface area contributed by atoms with Gasteiger partial charge in [-0.05, 0) is 59.7 Å². The standard InChI is InChI=1S/C18H16FIN4O2/c1-26-9-17(25)24-6-2-3-13-16(24)5-4-14(21-13)18-10-7-11(19)12(20)8-15(10)22-23-18/h4-5,7-8H,2-3,6,9H2,1H3,(H,22,23). The molecule has 0 aliphatic carbocycles. The van der Waals surface area contributed by atoms with Crippen molar-refractivity contribution in [3.63, 3.8) is 0 Å². The molecule has 3 heterocycles. The topological polar surface area (TPSA) is 71.1 Å². The Hall–Kier alpha value is -2.07. The van der Waals surface area contributed by atoms with Crippen molar-refractivity contribution in [3.05, 3.63) is 39.3 Å².